The molecule has 0 saturated carbocycles. The Kier molecular flexibility index (Phi) is 57.0. The van der Waals surface area contributed by atoms with E-state index in [1.165, 1.54) is 103 Å². The van der Waals surface area contributed by atoms with Crippen LogP contribution in [-0.4, -0.2) is 96.7 Å². The highest BCUT2D eigenvalue weighted by molar-refractivity contribution is 7.47. The number of hydrogen-bond acceptors (Lipinski definition) is 15. The molecule has 3 N–H and O–H groups in total. The fourth-order valence-corrected chi connectivity index (χ4v) is 11.2. The molecular formula is C68H128O17P2. The predicted octanol–water partition coefficient (Wildman–Crippen LogP) is 18.6. The lowest BCUT2D eigenvalue weighted by Crippen LogP contribution is -2.30. The molecule has 0 heterocycles. The molecule has 0 amide bonds. The largest absolute Gasteiger partial charge is 0.472 e. The van der Waals surface area contributed by atoms with Gasteiger partial charge in [-0.3, -0.25) is 37.3 Å². The second-order valence-electron chi connectivity index (χ2n) is 25.1. The topological polar surface area (TPSA) is 237 Å². The second kappa shape index (κ2) is 58.6. The molecule has 0 aromatic heterocycles. The molecule has 0 aliphatic rings. The second-order valence-corrected chi connectivity index (χ2v) is 28.0. The maximum Gasteiger partial charge on any atom is 0.472 e. The van der Waals surface area contributed by atoms with Gasteiger partial charge in [0.05, 0.1) is 26.4 Å². The van der Waals surface area contributed by atoms with Crippen molar-refractivity contribution in [3.05, 3.63) is 24.3 Å². The van der Waals surface area contributed by atoms with Crippen molar-refractivity contribution in [3.63, 3.8) is 0 Å². The van der Waals surface area contributed by atoms with E-state index in [2.05, 4.69) is 72.8 Å². The highest BCUT2D eigenvalue weighted by Crippen LogP contribution is 2.45. The van der Waals surface area contributed by atoms with E-state index < -0.39 is 97.5 Å². The van der Waals surface area contributed by atoms with E-state index in [1.54, 1.807) is 0 Å². The molecule has 19 heteroatoms. The van der Waals surface area contributed by atoms with Crippen LogP contribution in [0.3, 0.4) is 0 Å². The third-order valence-electron chi connectivity index (χ3n) is 15.4. The first-order valence-corrected chi connectivity index (χ1v) is 37.7. The van der Waals surface area contributed by atoms with E-state index in [4.69, 9.17) is 37.0 Å². The third kappa shape index (κ3) is 60.9. The first-order chi connectivity index (χ1) is 41.8. The van der Waals surface area contributed by atoms with Gasteiger partial charge >= 0.3 is 39.5 Å². The van der Waals surface area contributed by atoms with Gasteiger partial charge in [0.15, 0.2) is 12.2 Å². The summed E-state index contributed by atoms with van der Waals surface area (Å²) in [6.45, 7) is 11.6. The number of aliphatic hydroxyl groups is 1. The van der Waals surface area contributed by atoms with Crippen LogP contribution in [0, 0.1) is 17.8 Å². The third-order valence-corrected chi connectivity index (χ3v) is 17.3. The average molecular weight is 1280 g/mol. The van der Waals surface area contributed by atoms with Gasteiger partial charge in [0.1, 0.15) is 19.3 Å². The van der Waals surface area contributed by atoms with E-state index in [0.29, 0.717) is 31.6 Å². The normalized spacial score (nSPS) is 14.8. The summed E-state index contributed by atoms with van der Waals surface area (Å²) in [5, 5.41) is 10.6. The van der Waals surface area contributed by atoms with Gasteiger partial charge in [-0.25, -0.2) is 9.13 Å². The van der Waals surface area contributed by atoms with Gasteiger partial charge in [-0.15, -0.1) is 0 Å². The summed E-state index contributed by atoms with van der Waals surface area (Å²) in [6, 6.07) is 0. The van der Waals surface area contributed by atoms with Crippen molar-refractivity contribution in [1.82, 2.24) is 0 Å². The molecule has 512 valence electrons. The van der Waals surface area contributed by atoms with Crippen LogP contribution in [0.15, 0.2) is 24.3 Å². The number of hydrogen-bond donors (Lipinski definition) is 3. The molecule has 0 rings (SSSR count). The maximum absolute atomic E-state index is 13.0. The molecule has 0 aromatic carbocycles. The van der Waals surface area contributed by atoms with Crippen LogP contribution in [0.5, 0.6) is 0 Å². The van der Waals surface area contributed by atoms with Crippen molar-refractivity contribution in [2.24, 2.45) is 17.8 Å². The first-order valence-electron chi connectivity index (χ1n) is 34.7. The van der Waals surface area contributed by atoms with E-state index in [-0.39, 0.29) is 25.7 Å². The summed E-state index contributed by atoms with van der Waals surface area (Å²) in [5.74, 6) is -0.0131. The molecule has 0 spiro atoms. The lowest BCUT2D eigenvalue weighted by molar-refractivity contribution is -0.161. The average Bonchev–Trinajstić information content (AvgIpc) is 3.68. The summed E-state index contributed by atoms with van der Waals surface area (Å²) in [4.78, 5) is 72.3. The number of phosphoric acid groups is 2. The van der Waals surface area contributed by atoms with Gasteiger partial charge in [0.25, 0.3) is 0 Å². The fraction of sp³-hybridized carbons (Fsp3) is 0.882. The number of unbranched alkanes of at least 4 members (excludes halogenated alkanes) is 28. The van der Waals surface area contributed by atoms with Crippen molar-refractivity contribution in [3.8, 4) is 0 Å². The quantitative estimate of drug-likeness (QED) is 0.0169. The summed E-state index contributed by atoms with van der Waals surface area (Å²) in [7, 11) is -9.91. The van der Waals surface area contributed by atoms with Crippen molar-refractivity contribution in [1.29, 1.82) is 0 Å². The molecule has 3 unspecified atom stereocenters. The lowest BCUT2D eigenvalue weighted by Gasteiger charge is -2.21. The van der Waals surface area contributed by atoms with E-state index in [9.17, 15) is 43.2 Å². The van der Waals surface area contributed by atoms with Crippen LogP contribution >= 0.6 is 15.6 Å². The van der Waals surface area contributed by atoms with Crippen LogP contribution in [0.25, 0.3) is 0 Å². The molecule has 0 aromatic rings. The molecule has 17 nitrogen and oxygen atoms in total. The number of carbonyl (C=O) groups is 4. The van der Waals surface area contributed by atoms with E-state index >= 15 is 0 Å². The molecule has 0 radical (unpaired) electrons. The summed E-state index contributed by atoms with van der Waals surface area (Å²) in [6.07, 6.45) is 44.1. The van der Waals surface area contributed by atoms with Gasteiger partial charge in [-0.2, -0.15) is 0 Å². The molecule has 6 atom stereocenters. The minimum atomic E-state index is -4.96. The van der Waals surface area contributed by atoms with Gasteiger partial charge in [-0.1, -0.05) is 259 Å². The zero-order valence-corrected chi connectivity index (χ0v) is 57.7. The number of rotatable bonds is 64. The molecule has 0 aliphatic heterocycles. The monoisotopic (exact) mass is 1280 g/mol. The SMILES string of the molecule is CCCCCC/C=C\C=C/CCCCCCCC(=O)O[C@H](COC(=O)CCCCCCCCCCCCC(C)C)COP(=O)(O)OC[C@@H](O)COP(=O)(O)OC[C@@H](COC(=O)CCCCCCCCC(C)CC)OC(=O)CCCCCCCCC(C)C. The minimum absolute atomic E-state index is 0.0840. The van der Waals surface area contributed by atoms with Crippen LogP contribution in [0.1, 0.15) is 312 Å². The van der Waals surface area contributed by atoms with Crippen LogP contribution in [-0.2, 0) is 65.4 Å². The van der Waals surface area contributed by atoms with Crippen LogP contribution in [0.4, 0.5) is 0 Å². The number of esters is 4. The van der Waals surface area contributed by atoms with Gasteiger partial charge in [-0.05, 0) is 69.1 Å². The van der Waals surface area contributed by atoms with E-state index in [1.807, 2.05) is 0 Å². The first kappa shape index (κ1) is 84.5. The molecule has 0 bridgehead atoms. The molecule has 87 heavy (non-hydrogen) atoms. The van der Waals surface area contributed by atoms with Crippen molar-refractivity contribution in [2.75, 3.05) is 39.6 Å². The highest BCUT2D eigenvalue weighted by atomic mass is 31.2. The lowest BCUT2D eigenvalue weighted by atomic mass is 10.00. The smallest absolute Gasteiger partial charge is 0.462 e. The molecule has 0 aliphatic carbocycles. The summed E-state index contributed by atoms with van der Waals surface area (Å²) >= 11 is 0. The van der Waals surface area contributed by atoms with Crippen molar-refractivity contribution < 1.29 is 80.2 Å². The van der Waals surface area contributed by atoms with Crippen LogP contribution < -0.4 is 0 Å². The Balaban J connectivity index is 5.28. The molecular weight excluding hydrogens is 1150 g/mol. The summed E-state index contributed by atoms with van der Waals surface area (Å²) in [5.41, 5.74) is 0. The number of aliphatic hydroxyl groups excluding tert-OH is 1. The number of ether oxygens (including phenoxy) is 4. The van der Waals surface area contributed by atoms with Gasteiger partial charge < -0.3 is 33.8 Å². The van der Waals surface area contributed by atoms with Gasteiger partial charge in [0, 0.05) is 25.7 Å². The predicted molar refractivity (Wildman–Crippen MR) is 349 cm³/mol. The molecule has 0 fully saturated rings. The fourth-order valence-electron chi connectivity index (χ4n) is 9.61. The zero-order chi connectivity index (χ0) is 64.5. The minimum Gasteiger partial charge on any atom is -0.462 e. The van der Waals surface area contributed by atoms with Gasteiger partial charge in [0.2, 0.25) is 0 Å². The molecule has 0 saturated heterocycles. The Hall–Kier alpha value is -2.46. The summed E-state index contributed by atoms with van der Waals surface area (Å²) < 4.78 is 68.1. The Bertz CT molecular complexity index is 1810. The van der Waals surface area contributed by atoms with Crippen LogP contribution in [0.2, 0.25) is 0 Å². The van der Waals surface area contributed by atoms with E-state index in [0.717, 1.165) is 121 Å². The number of allylic oxidation sites excluding steroid dienone is 4. The zero-order valence-electron chi connectivity index (χ0n) is 56.0. The van der Waals surface area contributed by atoms with Crippen molar-refractivity contribution >= 4 is 39.5 Å². The van der Waals surface area contributed by atoms with Crippen molar-refractivity contribution in [2.45, 2.75) is 330 Å². The Morgan fingerprint density at radius 2 is 0.678 bits per heavy atom. The Labute approximate surface area is 529 Å². The maximum atomic E-state index is 13.0. The highest BCUT2D eigenvalue weighted by Gasteiger charge is 2.30. The standard InChI is InChI=1S/C68H128O17P2/c1-8-10-11-12-13-14-15-16-17-18-19-24-27-37-44-51-67(72)84-63(55-78-65(70)49-42-35-26-23-21-20-22-25-32-39-46-59(3)4)57-82-86(74,75)80-53-62(69)54-81-87(76,77)83-58-64(85-68(73)52-45-38-30-28-33-40-47-60(5)6)56-79-66(71)50-43-36-31-29-34-41-48-61(7)9-2/h14-17,59-64,69H,8-13,18-58H2,1-7H3,(H,74,75)(H,76,77)/b15-14-,17-16-/t61?,62-,63-,64-/m1/s1. The Morgan fingerprint density at radius 3 is 1.02 bits per heavy atom. The number of carbonyl (C=O) groups excluding carboxylic acids is 4. The Morgan fingerprint density at radius 1 is 0.379 bits per heavy atom. The number of phosphoric ester groups is 2.